The summed E-state index contributed by atoms with van der Waals surface area (Å²) >= 11 is 0. The molecule has 0 aliphatic heterocycles. The highest BCUT2D eigenvalue weighted by Gasteiger charge is 2.07. The molecule has 2 aromatic carbocycles. The highest BCUT2D eigenvalue weighted by Crippen LogP contribution is 2.20. The van der Waals surface area contributed by atoms with Crippen LogP contribution in [0.15, 0.2) is 47.5 Å². The van der Waals surface area contributed by atoms with Crippen molar-refractivity contribution < 1.29 is 9.47 Å². The number of benzene rings is 2. The van der Waals surface area contributed by atoms with Gasteiger partial charge in [0.05, 0.1) is 17.6 Å². The van der Waals surface area contributed by atoms with Gasteiger partial charge in [-0.05, 0) is 30.7 Å². The van der Waals surface area contributed by atoms with Crippen LogP contribution in [0.5, 0.6) is 5.75 Å². The van der Waals surface area contributed by atoms with E-state index in [-0.39, 0.29) is 0 Å². The van der Waals surface area contributed by atoms with Crippen molar-refractivity contribution >= 4 is 17.0 Å². The third-order valence-corrected chi connectivity index (χ3v) is 4.74. The molecule has 0 aliphatic carbocycles. The molecule has 160 valence electrons. The number of nitrogens with one attached hydrogen (secondary N) is 3. The number of aromatic amines is 1. The van der Waals surface area contributed by atoms with Crippen LogP contribution in [0.2, 0.25) is 0 Å². The first-order valence-electron chi connectivity index (χ1n) is 10.3. The number of aryl methyl sites for hydroxylation is 1. The van der Waals surface area contributed by atoms with Crippen molar-refractivity contribution in [2.24, 2.45) is 4.99 Å². The average Bonchev–Trinajstić information content (AvgIpc) is 3.17. The number of rotatable bonds is 10. The molecule has 0 atom stereocenters. The number of para-hydroxylation sites is 2. The third kappa shape index (κ3) is 6.22. The molecule has 0 aliphatic rings. The summed E-state index contributed by atoms with van der Waals surface area (Å²) in [5, 5.41) is 6.71. The number of methoxy groups -OCH3 is 1. The van der Waals surface area contributed by atoms with Crippen molar-refractivity contribution in [3.05, 3.63) is 59.4 Å². The minimum atomic E-state index is 0.629. The van der Waals surface area contributed by atoms with E-state index >= 15 is 0 Å². The Bertz CT molecular complexity index is 934. The van der Waals surface area contributed by atoms with Gasteiger partial charge in [-0.25, -0.2) is 4.98 Å². The van der Waals surface area contributed by atoms with Crippen LogP contribution in [-0.2, 0) is 17.7 Å². The standard InChI is InChI=1S/C23H31N5O2/c1-17-9-10-18(21(15-17)30-14-6-13-29-3)16-26-23(24-2)25-12-11-22-27-19-7-4-5-8-20(19)28-22/h4-5,7-10,15H,6,11-14,16H2,1-3H3,(H,27,28)(H2,24,25,26). The summed E-state index contributed by atoms with van der Waals surface area (Å²) in [6.07, 6.45) is 1.65. The first-order chi connectivity index (χ1) is 14.7. The van der Waals surface area contributed by atoms with Gasteiger partial charge in [0, 0.05) is 52.3 Å². The Morgan fingerprint density at radius 3 is 2.80 bits per heavy atom. The number of hydrogen-bond acceptors (Lipinski definition) is 4. The van der Waals surface area contributed by atoms with Crippen LogP contribution in [0.25, 0.3) is 11.0 Å². The third-order valence-electron chi connectivity index (χ3n) is 4.74. The van der Waals surface area contributed by atoms with Crippen molar-refractivity contribution in [3.8, 4) is 5.75 Å². The first-order valence-corrected chi connectivity index (χ1v) is 10.3. The zero-order valence-corrected chi connectivity index (χ0v) is 18.0. The Hall–Kier alpha value is -3.06. The van der Waals surface area contributed by atoms with Crippen LogP contribution in [-0.4, -0.2) is 49.8 Å². The molecule has 0 spiro atoms. The number of aliphatic imine (C=N–C) groups is 1. The Morgan fingerprint density at radius 1 is 1.13 bits per heavy atom. The number of ether oxygens (including phenoxy) is 2. The molecule has 0 unspecified atom stereocenters. The van der Waals surface area contributed by atoms with Crippen LogP contribution in [0.4, 0.5) is 0 Å². The largest absolute Gasteiger partial charge is 0.493 e. The van der Waals surface area contributed by atoms with E-state index in [2.05, 4.69) is 50.7 Å². The molecule has 3 N–H and O–H groups in total. The lowest BCUT2D eigenvalue weighted by atomic mass is 10.1. The van der Waals surface area contributed by atoms with Crippen molar-refractivity contribution in [2.75, 3.05) is 33.9 Å². The van der Waals surface area contributed by atoms with Crippen molar-refractivity contribution in [2.45, 2.75) is 26.3 Å². The van der Waals surface area contributed by atoms with E-state index in [0.717, 1.165) is 53.5 Å². The highest BCUT2D eigenvalue weighted by molar-refractivity contribution is 5.79. The van der Waals surface area contributed by atoms with Gasteiger partial charge >= 0.3 is 0 Å². The smallest absolute Gasteiger partial charge is 0.191 e. The van der Waals surface area contributed by atoms with Gasteiger partial charge in [0.2, 0.25) is 0 Å². The summed E-state index contributed by atoms with van der Waals surface area (Å²) in [6.45, 7) is 4.76. The summed E-state index contributed by atoms with van der Waals surface area (Å²) in [6, 6.07) is 14.3. The predicted molar refractivity (Wildman–Crippen MR) is 121 cm³/mol. The molecule has 1 heterocycles. The molecule has 7 nitrogen and oxygen atoms in total. The minimum Gasteiger partial charge on any atom is -0.493 e. The van der Waals surface area contributed by atoms with E-state index < -0.39 is 0 Å². The van der Waals surface area contributed by atoms with Gasteiger partial charge in [-0.15, -0.1) is 0 Å². The monoisotopic (exact) mass is 409 g/mol. The second-order valence-electron chi connectivity index (χ2n) is 7.11. The van der Waals surface area contributed by atoms with E-state index in [4.69, 9.17) is 9.47 Å². The number of H-pyrrole nitrogens is 1. The maximum atomic E-state index is 5.96. The fraction of sp³-hybridized carbons (Fsp3) is 0.391. The van der Waals surface area contributed by atoms with Crippen LogP contribution in [0.1, 0.15) is 23.4 Å². The number of fused-ring (bicyclic) bond motifs is 1. The number of guanidine groups is 1. The van der Waals surface area contributed by atoms with Crippen LogP contribution >= 0.6 is 0 Å². The van der Waals surface area contributed by atoms with Gasteiger partial charge in [-0.1, -0.05) is 24.3 Å². The second kappa shape index (κ2) is 11.2. The molecule has 7 heteroatoms. The molecule has 3 rings (SSSR count). The quantitative estimate of drug-likeness (QED) is 0.272. The van der Waals surface area contributed by atoms with Gasteiger partial charge in [-0.2, -0.15) is 0 Å². The van der Waals surface area contributed by atoms with Crippen LogP contribution in [0.3, 0.4) is 0 Å². The van der Waals surface area contributed by atoms with Crippen LogP contribution in [0, 0.1) is 6.92 Å². The Labute approximate surface area is 177 Å². The summed E-state index contributed by atoms with van der Waals surface area (Å²) in [5.74, 6) is 2.61. The molecular weight excluding hydrogens is 378 g/mol. The molecule has 0 fully saturated rings. The fourth-order valence-corrected chi connectivity index (χ4v) is 3.15. The van der Waals surface area contributed by atoms with Crippen molar-refractivity contribution in [1.29, 1.82) is 0 Å². The van der Waals surface area contributed by atoms with Gasteiger partial charge < -0.3 is 25.1 Å². The summed E-state index contributed by atoms with van der Waals surface area (Å²) in [4.78, 5) is 12.3. The van der Waals surface area contributed by atoms with E-state index in [1.54, 1.807) is 14.2 Å². The molecule has 0 saturated carbocycles. The molecule has 3 aromatic rings. The summed E-state index contributed by atoms with van der Waals surface area (Å²) in [7, 11) is 3.47. The average molecular weight is 410 g/mol. The van der Waals surface area contributed by atoms with Gasteiger partial charge in [-0.3, -0.25) is 4.99 Å². The lowest BCUT2D eigenvalue weighted by Gasteiger charge is -2.15. The Kier molecular flexibility index (Phi) is 8.09. The summed E-state index contributed by atoms with van der Waals surface area (Å²) < 4.78 is 11.1. The van der Waals surface area contributed by atoms with Gasteiger partial charge in [0.15, 0.2) is 5.96 Å². The van der Waals surface area contributed by atoms with Gasteiger partial charge in [0.25, 0.3) is 0 Å². The zero-order chi connectivity index (χ0) is 21.2. The molecular formula is C23H31N5O2. The molecule has 0 radical (unpaired) electrons. The lowest BCUT2D eigenvalue weighted by molar-refractivity contribution is 0.172. The molecule has 30 heavy (non-hydrogen) atoms. The molecule has 0 amide bonds. The van der Waals surface area contributed by atoms with Crippen molar-refractivity contribution in [3.63, 3.8) is 0 Å². The van der Waals surface area contributed by atoms with Crippen LogP contribution < -0.4 is 15.4 Å². The van der Waals surface area contributed by atoms with Gasteiger partial charge in [0.1, 0.15) is 11.6 Å². The maximum Gasteiger partial charge on any atom is 0.191 e. The SMILES string of the molecule is CN=C(NCCc1nc2ccccc2[nH]1)NCc1ccc(C)cc1OCCCOC. The number of imidazole rings is 1. The second-order valence-corrected chi connectivity index (χ2v) is 7.11. The highest BCUT2D eigenvalue weighted by atomic mass is 16.5. The zero-order valence-electron chi connectivity index (χ0n) is 18.0. The normalized spacial score (nSPS) is 11.6. The molecule has 0 bridgehead atoms. The van der Waals surface area contributed by atoms with E-state index in [0.29, 0.717) is 19.8 Å². The van der Waals surface area contributed by atoms with Crippen molar-refractivity contribution in [1.82, 2.24) is 20.6 Å². The molecule has 0 saturated heterocycles. The summed E-state index contributed by atoms with van der Waals surface area (Å²) in [5.41, 5.74) is 4.33. The maximum absolute atomic E-state index is 5.96. The lowest BCUT2D eigenvalue weighted by Crippen LogP contribution is -2.38. The number of nitrogens with zero attached hydrogens (tertiary/aromatic N) is 2. The minimum absolute atomic E-state index is 0.629. The predicted octanol–water partition coefficient (Wildman–Crippen LogP) is 3.19. The number of hydrogen-bond donors (Lipinski definition) is 3. The fourth-order valence-electron chi connectivity index (χ4n) is 3.15. The van der Waals surface area contributed by atoms with E-state index in [1.807, 2.05) is 24.3 Å². The van der Waals surface area contributed by atoms with E-state index in [1.165, 1.54) is 5.56 Å². The topological polar surface area (TPSA) is 83.6 Å². The Morgan fingerprint density at radius 2 is 2.00 bits per heavy atom. The Balaban J connectivity index is 1.50. The number of aromatic nitrogens is 2. The first kappa shape index (κ1) is 21.6. The van der Waals surface area contributed by atoms with E-state index in [9.17, 15) is 0 Å². The molecule has 1 aromatic heterocycles.